The Hall–Kier alpha value is -0.940. The number of carboxylic acid groups (broad SMARTS) is 1. The third kappa shape index (κ3) is 6.95. The molecule has 0 atom stereocenters. The van der Waals surface area contributed by atoms with Crippen molar-refractivity contribution < 1.29 is 19.4 Å². The summed E-state index contributed by atoms with van der Waals surface area (Å²) in [5, 5.41) is 10.6. The molecule has 11 heavy (non-hydrogen) atoms. The molecular weight excluding hydrogens is 150 g/mol. The zero-order chi connectivity index (χ0) is 8.69. The fraction of sp³-hybridized carbons (Fsp3) is 0.667. The summed E-state index contributed by atoms with van der Waals surface area (Å²) in [5.74, 6) is -2.20. The quantitative estimate of drug-likeness (QED) is 0.493. The number of aliphatic carboxylic acids is 1. The summed E-state index contributed by atoms with van der Waals surface area (Å²) in [7, 11) is 0. The first-order valence-corrected chi connectivity index (χ1v) is 3.17. The third-order valence-corrected chi connectivity index (χ3v) is 0.928. The van der Waals surface area contributed by atoms with Gasteiger partial charge in [-0.05, 0) is 0 Å². The summed E-state index contributed by atoms with van der Waals surface area (Å²) in [6.07, 6.45) is 0. The summed E-state index contributed by atoms with van der Waals surface area (Å²) < 4.78 is 4.83. The minimum Gasteiger partial charge on any atom is -0.476 e. The van der Waals surface area contributed by atoms with E-state index in [0.29, 0.717) is 0 Å². The van der Waals surface area contributed by atoms with Gasteiger partial charge in [-0.3, -0.25) is 10.1 Å². The van der Waals surface area contributed by atoms with Gasteiger partial charge < -0.3 is 9.84 Å². The lowest BCUT2D eigenvalue weighted by molar-refractivity contribution is -0.148. The highest BCUT2D eigenvalue weighted by molar-refractivity contribution is 6.31. The predicted molar refractivity (Wildman–Crippen MR) is 37.1 cm³/mol. The Kier molecular flexibility index (Phi) is 5.32. The Morgan fingerprint density at radius 2 is 2.09 bits per heavy atom. The molecule has 0 unspecified atom stereocenters. The van der Waals surface area contributed by atoms with Gasteiger partial charge in [0.1, 0.15) is 0 Å². The zero-order valence-corrected chi connectivity index (χ0v) is 6.29. The fourth-order valence-electron chi connectivity index (χ4n) is 0.361. The summed E-state index contributed by atoms with van der Waals surface area (Å²) in [6, 6.07) is 0. The molecule has 2 N–H and O–H groups in total. The van der Waals surface area contributed by atoms with Gasteiger partial charge in [0.05, 0.1) is 13.3 Å². The van der Waals surface area contributed by atoms with Crippen LogP contribution in [0.25, 0.3) is 0 Å². The molecule has 0 aromatic rings. The smallest absolute Gasteiger partial charge is 0.371 e. The second-order valence-corrected chi connectivity index (χ2v) is 1.91. The van der Waals surface area contributed by atoms with Gasteiger partial charge in [0, 0.05) is 13.5 Å². The molecule has 0 amide bonds. The molecular formula is C6H11NO4. The minimum absolute atomic E-state index is 0.750. The van der Waals surface area contributed by atoms with Crippen LogP contribution in [0.3, 0.4) is 0 Å². The van der Waals surface area contributed by atoms with Gasteiger partial charge in [-0.2, -0.15) is 0 Å². The Bertz CT molecular complexity index is 122. The normalized spacial score (nSPS) is 15.0. The Labute approximate surface area is 64.3 Å². The summed E-state index contributed by atoms with van der Waals surface area (Å²) in [4.78, 5) is 18.9. The number of carbonyl (C=O) groups is 2. The molecule has 0 saturated carbocycles. The number of hydrogen-bond acceptors (Lipinski definition) is 4. The first kappa shape index (κ1) is 10.1. The lowest BCUT2D eigenvalue weighted by Gasteiger charge is -1.76. The Balaban J connectivity index is 0.000000183. The SMILES string of the molecule is C1COCN1.CC(=O)C(=O)O. The van der Waals surface area contributed by atoms with Crippen LogP contribution in [0.2, 0.25) is 0 Å². The zero-order valence-electron chi connectivity index (χ0n) is 6.29. The van der Waals surface area contributed by atoms with E-state index in [9.17, 15) is 9.59 Å². The number of hydrogen-bond donors (Lipinski definition) is 2. The Morgan fingerprint density at radius 1 is 1.55 bits per heavy atom. The van der Waals surface area contributed by atoms with Gasteiger partial charge in [0.25, 0.3) is 0 Å². The van der Waals surface area contributed by atoms with Gasteiger partial charge in [0.15, 0.2) is 0 Å². The standard InChI is InChI=1S/C3H7NO.C3H4O3/c1-2-5-3-4-1;1-2(4)3(5)6/h4H,1-3H2;1H3,(H,5,6). The van der Waals surface area contributed by atoms with E-state index < -0.39 is 11.8 Å². The van der Waals surface area contributed by atoms with Crippen LogP contribution in [0.5, 0.6) is 0 Å². The van der Waals surface area contributed by atoms with Crippen LogP contribution in [0.4, 0.5) is 0 Å². The van der Waals surface area contributed by atoms with Gasteiger partial charge in [-0.15, -0.1) is 0 Å². The van der Waals surface area contributed by atoms with E-state index in [2.05, 4.69) is 5.32 Å². The molecule has 0 spiro atoms. The molecule has 1 fully saturated rings. The lowest BCUT2D eigenvalue weighted by Crippen LogP contribution is -2.05. The molecule has 0 bridgehead atoms. The van der Waals surface area contributed by atoms with E-state index in [4.69, 9.17) is 9.84 Å². The van der Waals surface area contributed by atoms with Crippen LogP contribution in [0, 0.1) is 0 Å². The van der Waals surface area contributed by atoms with Crippen molar-refractivity contribution in [3.8, 4) is 0 Å². The van der Waals surface area contributed by atoms with Crippen LogP contribution >= 0.6 is 0 Å². The molecule has 1 saturated heterocycles. The maximum absolute atomic E-state index is 9.54. The largest absolute Gasteiger partial charge is 0.476 e. The van der Waals surface area contributed by atoms with E-state index in [1.165, 1.54) is 0 Å². The van der Waals surface area contributed by atoms with Gasteiger partial charge >= 0.3 is 5.97 Å². The van der Waals surface area contributed by atoms with Crippen LogP contribution in [0.15, 0.2) is 0 Å². The minimum atomic E-state index is -1.38. The molecule has 5 nitrogen and oxygen atoms in total. The summed E-state index contributed by atoms with van der Waals surface area (Å²) >= 11 is 0. The molecule has 0 aromatic carbocycles. The van der Waals surface area contributed by atoms with Crippen molar-refractivity contribution in [1.29, 1.82) is 0 Å². The van der Waals surface area contributed by atoms with E-state index in [1.807, 2.05) is 0 Å². The number of nitrogens with one attached hydrogen (secondary N) is 1. The van der Waals surface area contributed by atoms with Gasteiger partial charge in [0.2, 0.25) is 5.78 Å². The number of Topliss-reactive ketones (excluding diaryl/α,β-unsaturated/α-hetero) is 1. The molecule has 0 radical (unpaired) electrons. The number of ketones is 1. The maximum atomic E-state index is 9.54. The fourth-order valence-corrected chi connectivity index (χ4v) is 0.361. The average Bonchev–Trinajstić information content (AvgIpc) is 2.41. The first-order valence-electron chi connectivity index (χ1n) is 3.17. The summed E-state index contributed by atoms with van der Waals surface area (Å²) in [5.41, 5.74) is 0. The molecule has 1 aliphatic rings. The maximum Gasteiger partial charge on any atom is 0.371 e. The molecule has 64 valence electrons. The highest BCUT2D eigenvalue weighted by atomic mass is 16.5. The number of carbonyl (C=O) groups excluding carboxylic acids is 1. The van der Waals surface area contributed by atoms with Gasteiger partial charge in [-0.25, -0.2) is 4.79 Å². The van der Waals surface area contributed by atoms with Crippen molar-refractivity contribution in [2.24, 2.45) is 0 Å². The summed E-state index contributed by atoms with van der Waals surface area (Å²) in [6.45, 7) is 3.67. The third-order valence-electron chi connectivity index (χ3n) is 0.928. The molecule has 0 aliphatic carbocycles. The molecule has 0 aromatic heterocycles. The predicted octanol–water partition coefficient (Wildman–Crippen LogP) is -0.776. The van der Waals surface area contributed by atoms with E-state index in [0.717, 1.165) is 26.8 Å². The van der Waals surface area contributed by atoms with E-state index >= 15 is 0 Å². The van der Waals surface area contributed by atoms with Crippen molar-refractivity contribution in [2.75, 3.05) is 19.9 Å². The van der Waals surface area contributed by atoms with Crippen molar-refractivity contribution in [1.82, 2.24) is 5.32 Å². The molecule has 1 rings (SSSR count). The molecule has 1 heterocycles. The second-order valence-electron chi connectivity index (χ2n) is 1.91. The topological polar surface area (TPSA) is 75.6 Å². The van der Waals surface area contributed by atoms with E-state index in [-0.39, 0.29) is 0 Å². The van der Waals surface area contributed by atoms with Crippen molar-refractivity contribution >= 4 is 11.8 Å². The van der Waals surface area contributed by atoms with Crippen LogP contribution in [-0.2, 0) is 14.3 Å². The van der Waals surface area contributed by atoms with Crippen molar-refractivity contribution in [3.05, 3.63) is 0 Å². The van der Waals surface area contributed by atoms with Crippen molar-refractivity contribution in [2.45, 2.75) is 6.92 Å². The van der Waals surface area contributed by atoms with E-state index in [1.54, 1.807) is 0 Å². The second kappa shape index (κ2) is 5.82. The average molecular weight is 161 g/mol. The number of carboxylic acids is 1. The monoisotopic (exact) mass is 161 g/mol. The van der Waals surface area contributed by atoms with Crippen LogP contribution < -0.4 is 5.32 Å². The Morgan fingerprint density at radius 3 is 2.18 bits per heavy atom. The first-order chi connectivity index (χ1) is 5.14. The molecule has 5 heteroatoms. The molecule has 1 aliphatic heterocycles. The number of rotatable bonds is 1. The highest BCUT2D eigenvalue weighted by Crippen LogP contribution is 1.75. The lowest BCUT2D eigenvalue weighted by atomic mass is 10.5. The van der Waals surface area contributed by atoms with Gasteiger partial charge in [-0.1, -0.05) is 0 Å². The number of ether oxygens (including phenoxy) is 1. The highest BCUT2D eigenvalue weighted by Gasteiger charge is 1.99. The van der Waals surface area contributed by atoms with Crippen LogP contribution in [-0.4, -0.2) is 36.7 Å². The van der Waals surface area contributed by atoms with Crippen molar-refractivity contribution in [3.63, 3.8) is 0 Å². The van der Waals surface area contributed by atoms with Crippen LogP contribution in [0.1, 0.15) is 6.92 Å².